The van der Waals surface area contributed by atoms with Crippen LogP contribution in [0.4, 0.5) is 0 Å². The van der Waals surface area contributed by atoms with Crippen LogP contribution in [0, 0.1) is 0 Å². The summed E-state index contributed by atoms with van der Waals surface area (Å²) < 4.78 is 2.70. The van der Waals surface area contributed by atoms with Crippen molar-refractivity contribution >= 4 is 48.7 Å². The Morgan fingerprint density at radius 3 is 2.15 bits per heavy atom. The first-order valence-electron chi connectivity index (χ1n) is 17.0. The van der Waals surface area contributed by atoms with Crippen LogP contribution in [0.25, 0.3) is 59.6 Å². The van der Waals surface area contributed by atoms with Gasteiger partial charge in [-0.1, -0.05) is 153 Å². The summed E-state index contributed by atoms with van der Waals surface area (Å²) in [5.41, 5.74) is 16.1. The van der Waals surface area contributed by atoms with Gasteiger partial charge in [0.2, 0.25) is 0 Å². The minimum Gasteiger partial charge on any atom is -0.135 e. The maximum atomic E-state index is 2.42. The molecule has 48 heavy (non-hydrogen) atoms. The normalized spacial score (nSPS) is 15.2. The summed E-state index contributed by atoms with van der Waals surface area (Å²) >= 11 is 1.91. The van der Waals surface area contributed by atoms with Crippen molar-refractivity contribution in [2.45, 2.75) is 32.1 Å². The lowest BCUT2D eigenvalue weighted by Crippen LogP contribution is -2.14. The number of hydrogen-bond acceptors (Lipinski definition) is 1. The minimum atomic E-state index is -0.00429. The van der Waals surface area contributed by atoms with E-state index < -0.39 is 0 Å². The number of fused-ring (bicyclic) bond motifs is 6. The van der Waals surface area contributed by atoms with Gasteiger partial charge in [0.05, 0.1) is 0 Å². The fraction of sp³-hybridized carbons (Fsp3) is 0.106. The van der Waals surface area contributed by atoms with E-state index in [1.54, 1.807) is 0 Å². The molecule has 1 heteroatoms. The molecular formula is C47H36S. The molecule has 7 aromatic rings. The molecule has 0 N–H and O–H groups in total. The van der Waals surface area contributed by atoms with Crippen LogP contribution in [-0.2, 0) is 5.41 Å². The summed E-state index contributed by atoms with van der Waals surface area (Å²) in [6.07, 6.45) is 9.16. The van der Waals surface area contributed by atoms with Crippen LogP contribution in [0.15, 0.2) is 157 Å². The molecule has 0 saturated heterocycles. The summed E-state index contributed by atoms with van der Waals surface area (Å²) in [5, 5.41) is 2.68. The Labute approximate surface area is 287 Å². The zero-order valence-corrected chi connectivity index (χ0v) is 28.2. The van der Waals surface area contributed by atoms with Crippen LogP contribution in [0.5, 0.6) is 0 Å². The van der Waals surface area contributed by atoms with Crippen LogP contribution < -0.4 is 0 Å². The van der Waals surface area contributed by atoms with E-state index in [0.717, 1.165) is 12.8 Å². The van der Waals surface area contributed by atoms with Gasteiger partial charge in [0.25, 0.3) is 0 Å². The number of hydrogen-bond donors (Lipinski definition) is 0. The highest BCUT2D eigenvalue weighted by molar-refractivity contribution is 7.26. The zero-order chi connectivity index (χ0) is 32.2. The van der Waals surface area contributed by atoms with E-state index in [0.29, 0.717) is 0 Å². The Morgan fingerprint density at radius 2 is 1.31 bits per heavy atom. The van der Waals surface area contributed by atoms with Crippen molar-refractivity contribution in [1.82, 2.24) is 0 Å². The molecule has 0 bridgehead atoms. The molecule has 0 amide bonds. The quantitative estimate of drug-likeness (QED) is 0.166. The maximum absolute atomic E-state index is 2.42. The zero-order valence-electron chi connectivity index (χ0n) is 27.3. The molecule has 1 aromatic heterocycles. The molecule has 9 rings (SSSR count). The number of benzene rings is 6. The van der Waals surface area contributed by atoms with Crippen molar-refractivity contribution in [2.75, 3.05) is 0 Å². The van der Waals surface area contributed by atoms with E-state index in [2.05, 4.69) is 172 Å². The van der Waals surface area contributed by atoms with Crippen LogP contribution >= 0.6 is 11.3 Å². The van der Waals surface area contributed by atoms with Gasteiger partial charge in [0.15, 0.2) is 0 Å². The first kappa shape index (κ1) is 28.9. The molecule has 0 unspecified atom stereocenters. The molecule has 0 spiro atoms. The van der Waals surface area contributed by atoms with Crippen molar-refractivity contribution in [2.24, 2.45) is 0 Å². The Balaban J connectivity index is 1.13. The van der Waals surface area contributed by atoms with E-state index >= 15 is 0 Å². The summed E-state index contributed by atoms with van der Waals surface area (Å²) in [4.78, 5) is 0. The molecule has 0 fully saturated rings. The molecule has 1 heterocycles. The standard InChI is InChI=1S/C47H36S/c1-47(2)43-17-8-6-13-37(43)38-28-27-36(30-44(38)47)34-21-19-31(20-22-34)29-42(35-25-23-33(24-26-35)32-11-4-3-5-12-32)41-16-10-15-40-39-14-7-9-18-45(39)48-46(40)41/h3-23,25,27-30H,24,26H2,1-2H3/b42-29+. The highest BCUT2D eigenvalue weighted by Gasteiger charge is 2.35. The predicted octanol–water partition coefficient (Wildman–Crippen LogP) is 13.4. The molecular weight excluding hydrogens is 597 g/mol. The van der Waals surface area contributed by atoms with Crippen molar-refractivity contribution < 1.29 is 0 Å². The van der Waals surface area contributed by atoms with Crippen molar-refractivity contribution in [3.05, 3.63) is 185 Å². The largest absolute Gasteiger partial charge is 0.135 e. The second-order valence-corrected chi connectivity index (χ2v) is 14.7. The Kier molecular flexibility index (Phi) is 6.92. The molecule has 0 aliphatic heterocycles. The van der Waals surface area contributed by atoms with Gasteiger partial charge < -0.3 is 0 Å². The van der Waals surface area contributed by atoms with E-state index in [-0.39, 0.29) is 5.41 Å². The molecule has 6 aromatic carbocycles. The fourth-order valence-corrected chi connectivity index (χ4v) is 9.11. The molecule has 0 atom stereocenters. The van der Waals surface area contributed by atoms with Crippen molar-refractivity contribution in [3.63, 3.8) is 0 Å². The monoisotopic (exact) mass is 632 g/mol. The molecule has 0 radical (unpaired) electrons. The van der Waals surface area contributed by atoms with E-state index in [1.807, 2.05) is 11.3 Å². The predicted molar refractivity (Wildman–Crippen MR) is 208 cm³/mol. The van der Waals surface area contributed by atoms with E-state index in [9.17, 15) is 0 Å². The van der Waals surface area contributed by atoms with Crippen LogP contribution in [0.1, 0.15) is 54.5 Å². The summed E-state index contributed by atoms with van der Waals surface area (Å²) in [7, 11) is 0. The SMILES string of the molecule is CC1(C)c2ccccc2-c2ccc(-c3ccc(/C=C(\C4=CC=C(c5ccccc5)CC4)c4cccc5c4sc4ccccc45)cc3)cc21. The van der Waals surface area contributed by atoms with Gasteiger partial charge in [0.1, 0.15) is 0 Å². The van der Waals surface area contributed by atoms with Crippen LogP contribution in [-0.4, -0.2) is 0 Å². The molecule has 0 nitrogen and oxygen atoms in total. The summed E-state index contributed by atoms with van der Waals surface area (Å²) in [5.74, 6) is 0. The third kappa shape index (κ3) is 4.81. The smallest absolute Gasteiger partial charge is 0.0433 e. The van der Waals surface area contributed by atoms with E-state index in [1.165, 1.54) is 87.0 Å². The van der Waals surface area contributed by atoms with Crippen LogP contribution in [0.2, 0.25) is 0 Å². The molecule has 2 aliphatic carbocycles. The number of rotatable bonds is 5. The third-order valence-corrected chi connectivity index (χ3v) is 11.7. The molecule has 2 aliphatic rings. The highest BCUT2D eigenvalue weighted by Crippen LogP contribution is 2.49. The topological polar surface area (TPSA) is 0 Å². The first-order valence-corrected chi connectivity index (χ1v) is 17.8. The van der Waals surface area contributed by atoms with Gasteiger partial charge in [-0.2, -0.15) is 0 Å². The fourth-order valence-electron chi connectivity index (χ4n) is 7.88. The summed E-state index contributed by atoms with van der Waals surface area (Å²) in [6, 6.07) is 51.5. The lowest BCUT2D eigenvalue weighted by molar-refractivity contribution is 0.660. The average molecular weight is 633 g/mol. The van der Waals surface area contributed by atoms with Gasteiger partial charge in [-0.05, 0) is 97.8 Å². The lowest BCUT2D eigenvalue weighted by Gasteiger charge is -2.22. The second kappa shape index (κ2) is 11.5. The average Bonchev–Trinajstić information content (AvgIpc) is 3.64. The molecule has 230 valence electrons. The van der Waals surface area contributed by atoms with Gasteiger partial charge in [-0.25, -0.2) is 0 Å². The van der Waals surface area contributed by atoms with Crippen LogP contribution in [0.3, 0.4) is 0 Å². The number of thiophene rings is 1. The highest BCUT2D eigenvalue weighted by atomic mass is 32.1. The number of allylic oxidation sites excluding steroid dienone is 5. The van der Waals surface area contributed by atoms with Gasteiger partial charge in [0, 0.05) is 25.6 Å². The second-order valence-electron chi connectivity index (χ2n) is 13.6. The maximum Gasteiger partial charge on any atom is 0.0433 e. The Bertz CT molecular complexity index is 2450. The van der Waals surface area contributed by atoms with Crippen molar-refractivity contribution in [1.29, 1.82) is 0 Å². The minimum absolute atomic E-state index is 0.00429. The lowest BCUT2D eigenvalue weighted by atomic mass is 9.81. The third-order valence-electron chi connectivity index (χ3n) is 10.5. The van der Waals surface area contributed by atoms with E-state index in [4.69, 9.17) is 0 Å². The first-order chi connectivity index (χ1) is 23.5. The molecule has 0 saturated carbocycles. The Morgan fingerprint density at radius 1 is 0.583 bits per heavy atom. The Hall–Kier alpha value is -5.24. The van der Waals surface area contributed by atoms with Gasteiger partial charge >= 0.3 is 0 Å². The van der Waals surface area contributed by atoms with Gasteiger partial charge in [-0.3, -0.25) is 0 Å². The van der Waals surface area contributed by atoms with Gasteiger partial charge in [-0.15, -0.1) is 11.3 Å². The van der Waals surface area contributed by atoms with Crippen molar-refractivity contribution in [3.8, 4) is 22.3 Å². The summed E-state index contributed by atoms with van der Waals surface area (Å²) in [6.45, 7) is 4.71.